The van der Waals surface area contributed by atoms with Gasteiger partial charge in [-0.05, 0) is 65.2 Å². The van der Waals surface area contributed by atoms with E-state index in [-0.39, 0.29) is 19.1 Å². The summed E-state index contributed by atoms with van der Waals surface area (Å²) in [5.41, 5.74) is 1.58. The highest BCUT2D eigenvalue weighted by molar-refractivity contribution is 5.82. The van der Waals surface area contributed by atoms with Gasteiger partial charge in [-0.2, -0.15) is 4.98 Å². The highest BCUT2D eigenvalue weighted by Gasteiger charge is 2.29. The van der Waals surface area contributed by atoms with Crippen molar-refractivity contribution in [1.29, 1.82) is 0 Å². The monoisotopic (exact) mass is 571 g/mol. The Bertz CT molecular complexity index is 1850. The van der Waals surface area contributed by atoms with Crippen LogP contribution in [-0.2, 0) is 24.9 Å². The Hall–Kier alpha value is -4.59. The summed E-state index contributed by atoms with van der Waals surface area (Å²) in [7, 11) is 1.63. The van der Waals surface area contributed by atoms with Gasteiger partial charge < -0.3 is 15.0 Å². The Morgan fingerprint density at radius 1 is 1.17 bits per heavy atom. The van der Waals surface area contributed by atoms with Crippen molar-refractivity contribution in [3.63, 3.8) is 0 Å². The Morgan fingerprint density at radius 3 is 2.67 bits per heavy atom. The standard InChI is InChI=1S/C31H37N7O4/c1-7-8-16-37-25-26(34-28(37)36-15-11-12-22(19-36)33-29(40)42-31(3,4)5)35(6)30(41)38(27(25)39)18-21-17-20(2)32-24-14-10-9-13-23(21)24/h9-10,13-14,17,22H,11-12,15-16,18-19H2,1-6H3,(H,33,40)/t22-/m1/s1. The van der Waals surface area contributed by atoms with E-state index in [0.717, 1.165) is 35.0 Å². The number of para-hydroxylation sites is 1. The fourth-order valence-electron chi connectivity index (χ4n) is 5.50. The molecule has 0 unspecified atom stereocenters. The van der Waals surface area contributed by atoms with Crippen LogP contribution >= 0.6 is 0 Å². The molecular weight excluding hydrogens is 534 g/mol. The molecule has 1 amide bonds. The molecule has 1 fully saturated rings. The molecule has 11 heteroatoms. The summed E-state index contributed by atoms with van der Waals surface area (Å²) in [6, 6.07) is 9.45. The number of amides is 1. The Kier molecular flexibility index (Phi) is 7.82. The molecule has 1 saturated heterocycles. The summed E-state index contributed by atoms with van der Waals surface area (Å²) < 4.78 is 9.92. The molecule has 0 radical (unpaired) electrons. The minimum Gasteiger partial charge on any atom is -0.444 e. The minimum absolute atomic E-state index is 0.0941. The van der Waals surface area contributed by atoms with Gasteiger partial charge in [-0.15, -0.1) is 5.92 Å². The van der Waals surface area contributed by atoms with E-state index in [2.05, 4.69) is 22.1 Å². The van der Waals surface area contributed by atoms with Gasteiger partial charge in [0.15, 0.2) is 11.2 Å². The van der Waals surface area contributed by atoms with E-state index in [4.69, 9.17) is 9.72 Å². The van der Waals surface area contributed by atoms with Crippen molar-refractivity contribution in [3.05, 3.63) is 62.4 Å². The van der Waals surface area contributed by atoms with Crippen molar-refractivity contribution < 1.29 is 9.53 Å². The highest BCUT2D eigenvalue weighted by Crippen LogP contribution is 2.24. The SMILES string of the molecule is CC#CCn1c(N2CCC[C@@H](NC(=O)OC(C)(C)C)C2)nc2c1c(=O)n(Cc1cc(C)nc3ccccc13)c(=O)n2C. The molecule has 0 spiro atoms. The number of hydrogen-bond donors (Lipinski definition) is 1. The minimum atomic E-state index is -0.600. The largest absolute Gasteiger partial charge is 0.444 e. The summed E-state index contributed by atoms with van der Waals surface area (Å²) in [4.78, 5) is 51.6. The smallest absolute Gasteiger partial charge is 0.407 e. The number of benzene rings is 1. The number of carbonyl (C=O) groups excluding carboxylic acids is 1. The quantitative estimate of drug-likeness (QED) is 0.366. The lowest BCUT2D eigenvalue weighted by atomic mass is 10.1. The number of fused-ring (bicyclic) bond motifs is 2. The number of anilines is 1. The second-order valence-corrected chi connectivity index (χ2v) is 11.7. The van der Waals surface area contributed by atoms with Crippen LogP contribution in [0.3, 0.4) is 0 Å². The van der Waals surface area contributed by atoms with E-state index in [9.17, 15) is 14.4 Å². The van der Waals surface area contributed by atoms with E-state index in [0.29, 0.717) is 30.2 Å². The predicted molar refractivity (Wildman–Crippen MR) is 163 cm³/mol. The van der Waals surface area contributed by atoms with Gasteiger partial charge in [-0.1, -0.05) is 24.1 Å². The number of carbonyl (C=O) groups is 1. The lowest BCUT2D eigenvalue weighted by Gasteiger charge is -2.34. The van der Waals surface area contributed by atoms with Crippen LogP contribution in [0.1, 0.15) is 51.8 Å². The Labute approximate surface area is 244 Å². The van der Waals surface area contributed by atoms with Crippen LogP contribution < -0.4 is 21.5 Å². The fourth-order valence-corrected chi connectivity index (χ4v) is 5.50. The lowest BCUT2D eigenvalue weighted by molar-refractivity contribution is 0.0499. The van der Waals surface area contributed by atoms with E-state index >= 15 is 0 Å². The van der Waals surface area contributed by atoms with Crippen LogP contribution in [0.5, 0.6) is 0 Å². The first-order valence-corrected chi connectivity index (χ1v) is 14.2. The first kappa shape index (κ1) is 28.9. The van der Waals surface area contributed by atoms with Crippen molar-refractivity contribution in [2.75, 3.05) is 18.0 Å². The second-order valence-electron chi connectivity index (χ2n) is 11.7. The van der Waals surface area contributed by atoms with Crippen LogP contribution in [0.2, 0.25) is 0 Å². The maximum Gasteiger partial charge on any atom is 0.407 e. The molecule has 5 rings (SSSR count). The average Bonchev–Trinajstić information content (AvgIpc) is 3.31. The zero-order valence-electron chi connectivity index (χ0n) is 25.0. The third-order valence-electron chi connectivity index (χ3n) is 7.31. The first-order chi connectivity index (χ1) is 20.0. The number of pyridine rings is 1. The predicted octanol–water partition coefficient (Wildman–Crippen LogP) is 3.32. The fraction of sp³-hybridized carbons (Fsp3) is 0.452. The molecule has 1 aliphatic heterocycles. The molecular formula is C31H37N7O4. The molecule has 4 heterocycles. The number of nitrogens with zero attached hydrogens (tertiary/aromatic N) is 6. The molecule has 0 aliphatic carbocycles. The van der Waals surface area contributed by atoms with E-state index in [1.54, 1.807) is 18.5 Å². The maximum absolute atomic E-state index is 14.1. The van der Waals surface area contributed by atoms with E-state index < -0.39 is 22.9 Å². The van der Waals surface area contributed by atoms with Gasteiger partial charge in [0.25, 0.3) is 5.56 Å². The third-order valence-corrected chi connectivity index (χ3v) is 7.31. The molecule has 4 aromatic rings. The first-order valence-electron chi connectivity index (χ1n) is 14.2. The molecule has 0 bridgehead atoms. The molecule has 1 aromatic carbocycles. The van der Waals surface area contributed by atoms with Gasteiger partial charge in [0.05, 0.1) is 18.6 Å². The topological polar surface area (TPSA) is 116 Å². The summed E-state index contributed by atoms with van der Waals surface area (Å²) in [6.45, 7) is 10.6. The molecule has 0 saturated carbocycles. The van der Waals surface area contributed by atoms with Crippen molar-refractivity contribution in [2.45, 2.75) is 72.2 Å². The Morgan fingerprint density at radius 2 is 1.93 bits per heavy atom. The zero-order chi connectivity index (χ0) is 30.2. The average molecular weight is 572 g/mol. The highest BCUT2D eigenvalue weighted by atomic mass is 16.6. The van der Waals surface area contributed by atoms with Crippen LogP contribution in [0.25, 0.3) is 22.1 Å². The number of imidazole rings is 1. The molecule has 220 valence electrons. The molecule has 11 nitrogen and oxygen atoms in total. The van der Waals surface area contributed by atoms with Crippen molar-refractivity contribution in [3.8, 4) is 11.8 Å². The number of nitrogens with one attached hydrogen (secondary N) is 1. The maximum atomic E-state index is 14.1. The Balaban J connectivity index is 1.58. The number of rotatable bonds is 5. The van der Waals surface area contributed by atoms with Crippen LogP contribution in [0.15, 0.2) is 39.9 Å². The zero-order valence-corrected chi connectivity index (χ0v) is 25.0. The molecule has 42 heavy (non-hydrogen) atoms. The van der Waals surface area contributed by atoms with Gasteiger partial charge in [0, 0.05) is 37.3 Å². The molecule has 1 atom stereocenters. The summed E-state index contributed by atoms with van der Waals surface area (Å²) in [6.07, 6.45) is 1.12. The van der Waals surface area contributed by atoms with Crippen LogP contribution in [-0.4, -0.2) is 54.5 Å². The van der Waals surface area contributed by atoms with Crippen LogP contribution in [0.4, 0.5) is 10.7 Å². The number of alkyl carbamates (subject to hydrolysis) is 1. The second kappa shape index (κ2) is 11.4. The number of aryl methyl sites for hydroxylation is 2. The number of piperidine rings is 1. The van der Waals surface area contributed by atoms with Gasteiger partial charge in [0.1, 0.15) is 5.60 Å². The molecule has 1 N–H and O–H groups in total. The van der Waals surface area contributed by atoms with Gasteiger partial charge >= 0.3 is 11.8 Å². The van der Waals surface area contributed by atoms with Gasteiger partial charge in [-0.25, -0.2) is 9.59 Å². The normalized spacial score (nSPS) is 15.5. The van der Waals surface area contributed by atoms with E-state index in [1.165, 1.54) is 9.13 Å². The van der Waals surface area contributed by atoms with Crippen molar-refractivity contribution >= 4 is 34.1 Å². The number of aromatic nitrogens is 5. The van der Waals surface area contributed by atoms with E-state index in [1.807, 2.05) is 62.9 Å². The number of ether oxygens (including phenoxy) is 1. The van der Waals surface area contributed by atoms with Gasteiger partial charge in [0.2, 0.25) is 5.95 Å². The van der Waals surface area contributed by atoms with Crippen molar-refractivity contribution in [2.24, 2.45) is 7.05 Å². The van der Waals surface area contributed by atoms with Gasteiger partial charge in [-0.3, -0.25) is 23.5 Å². The molecule has 3 aromatic heterocycles. The van der Waals surface area contributed by atoms with Crippen LogP contribution in [0, 0.1) is 18.8 Å². The summed E-state index contributed by atoms with van der Waals surface area (Å²) in [5.74, 6) is 6.52. The molecule has 1 aliphatic rings. The summed E-state index contributed by atoms with van der Waals surface area (Å²) in [5, 5.41) is 3.85. The number of hydrogen-bond acceptors (Lipinski definition) is 7. The van der Waals surface area contributed by atoms with Crippen molar-refractivity contribution in [1.82, 2.24) is 29.0 Å². The third kappa shape index (κ3) is 5.75. The lowest BCUT2D eigenvalue weighted by Crippen LogP contribution is -2.49. The summed E-state index contributed by atoms with van der Waals surface area (Å²) >= 11 is 0.